The molecule has 0 bridgehead atoms. The molecule has 4 rings (SSSR count). The van der Waals surface area contributed by atoms with E-state index in [1.54, 1.807) is 24.0 Å². The van der Waals surface area contributed by atoms with Crippen molar-refractivity contribution in [2.24, 2.45) is 0 Å². The molecule has 1 aliphatic carbocycles. The Kier molecular flexibility index (Phi) is 5.48. The number of thioether (sulfide) groups is 1. The van der Waals surface area contributed by atoms with Crippen molar-refractivity contribution in [3.05, 3.63) is 54.0 Å². The number of aromatic amines is 1. The van der Waals surface area contributed by atoms with E-state index in [1.165, 1.54) is 6.33 Å². The van der Waals surface area contributed by atoms with Gasteiger partial charge in [-0.25, -0.2) is 9.97 Å². The first kappa shape index (κ1) is 18.4. The third-order valence-electron chi connectivity index (χ3n) is 4.56. The van der Waals surface area contributed by atoms with E-state index in [2.05, 4.69) is 25.5 Å². The molecule has 1 aliphatic rings. The van der Waals surface area contributed by atoms with Crippen LogP contribution in [0.15, 0.2) is 53.5 Å². The Balaban J connectivity index is 1.41. The summed E-state index contributed by atoms with van der Waals surface area (Å²) in [6.45, 7) is 0. The number of nitrogens with zero attached hydrogens (tertiary/aromatic N) is 3. The minimum atomic E-state index is -0.575. The zero-order valence-corrected chi connectivity index (χ0v) is 16.0. The van der Waals surface area contributed by atoms with E-state index >= 15 is 0 Å². The van der Waals surface area contributed by atoms with Crippen molar-refractivity contribution in [1.29, 1.82) is 0 Å². The lowest BCUT2D eigenvalue weighted by Crippen LogP contribution is -2.25. The number of H-pyrrole nitrogens is 1. The van der Waals surface area contributed by atoms with Gasteiger partial charge in [0.05, 0.1) is 11.6 Å². The Morgan fingerprint density at radius 1 is 1.21 bits per heavy atom. The van der Waals surface area contributed by atoms with Gasteiger partial charge in [0.2, 0.25) is 5.78 Å². The molecular formula is C20H19N5O2S. The molecule has 0 spiro atoms. The van der Waals surface area contributed by atoms with Crippen LogP contribution in [0.5, 0.6) is 0 Å². The highest BCUT2D eigenvalue weighted by molar-refractivity contribution is 7.98. The normalized spacial score (nSPS) is 13.9. The highest BCUT2D eigenvalue weighted by atomic mass is 32.2. The van der Waals surface area contributed by atoms with E-state index in [-0.39, 0.29) is 0 Å². The molecule has 0 aliphatic heterocycles. The first-order valence-corrected chi connectivity index (χ1v) is 10.1. The van der Waals surface area contributed by atoms with E-state index in [0.29, 0.717) is 29.1 Å². The molecule has 8 heteroatoms. The molecule has 2 aromatic heterocycles. The number of carbonyl (C=O) groups excluding carboxylic acids is 2. The molecule has 0 unspecified atom stereocenters. The summed E-state index contributed by atoms with van der Waals surface area (Å²) >= 11 is 1.56. The maximum atomic E-state index is 12.3. The van der Waals surface area contributed by atoms with Gasteiger partial charge in [-0.1, -0.05) is 18.2 Å². The van der Waals surface area contributed by atoms with Crippen molar-refractivity contribution in [3.63, 3.8) is 0 Å². The van der Waals surface area contributed by atoms with Crippen LogP contribution in [0.3, 0.4) is 0 Å². The Hall–Kier alpha value is -3.00. The second kappa shape index (κ2) is 8.35. The van der Waals surface area contributed by atoms with Gasteiger partial charge in [0.1, 0.15) is 11.4 Å². The number of carbonyl (C=O) groups is 2. The molecule has 28 heavy (non-hydrogen) atoms. The number of rotatable bonds is 6. The molecule has 142 valence electrons. The summed E-state index contributed by atoms with van der Waals surface area (Å²) in [7, 11) is 0. The third kappa shape index (κ3) is 4.12. The zero-order chi connectivity index (χ0) is 19.3. The van der Waals surface area contributed by atoms with Gasteiger partial charge in [-0.15, -0.1) is 11.8 Å². The molecule has 0 fully saturated rings. The second-order valence-corrected chi connectivity index (χ2v) is 7.52. The molecule has 0 radical (unpaired) electrons. The Labute approximate surface area is 166 Å². The van der Waals surface area contributed by atoms with Crippen molar-refractivity contribution in [3.8, 4) is 0 Å². The number of amides is 1. The first-order valence-electron chi connectivity index (χ1n) is 9.11. The van der Waals surface area contributed by atoms with Crippen molar-refractivity contribution >= 4 is 40.2 Å². The number of Topliss-reactive ketones (excluding diaryl/α,β-unsaturated/α-hetero) is 1. The predicted octanol–water partition coefficient (Wildman–Crippen LogP) is 3.65. The second-order valence-electron chi connectivity index (χ2n) is 6.56. The minimum absolute atomic E-state index is 0.428. The van der Waals surface area contributed by atoms with Gasteiger partial charge in [0.25, 0.3) is 5.91 Å². The molecule has 2 heterocycles. The van der Waals surface area contributed by atoms with Gasteiger partial charge in [0.15, 0.2) is 5.65 Å². The third-order valence-corrected chi connectivity index (χ3v) is 5.64. The summed E-state index contributed by atoms with van der Waals surface area (Å²) in [6.07, 6.45) is 8.69. The van der Waals surface area contributed by atoms with Gasteiger partial charge in [-0.2, -0.15) is 5.10 Å². The lowest BCUT2D eigenvalue weighted by atomic mass is 9.96. The number of hydrogen-bond acceptors (Lipinski definition) is 6. The van der Waals surface area contributed by atoms with Crippen LogP contribution in [0.2, 0.25) is 0 Å². The Morgan fingerprint density at radius 2 is 2.14 bits per heavy atom. The largest absolute Gasteiger partial charge is 0.319 e. The van der Waals surface area contributed by atoms with Gasteiger partial charge >= 0.3 is 0 Å². The monoisotopic (exact) mass is 393 g/mol. The summed E-state index contributed by atoms with van der Waals surface area (Å²) in [5, 5.41) is 11.3. The molecule has 0 saturated carbocycles. The lowest BCUT2D eigenvalue weighted by Gasteiger charge is -2.12. The number of fused-ring (bicyclic) bond motifs is 1. The summed E-state index contributed by atoms with van der Waals surface area (Å²) in [5.74, 6) is -0.336. The maximum absolute atomic E-state index is 12.3. The fraction of sp³-hybridized carbons (Fsp3) is 0.250. The Bertz CT molecular complexity index is 1060. The van der Waals surface area contributed by atoms with Crippen molar-refractivity contribution in [1.82, 2.24) is 20.2 Å². The topological polar surface area (TPSA) is 101 Å². The van der Waals surface area contributed by atoms with E-state index in [1.807, 2.05) is 24.3 Å². The number of anilines is 1. The fourth-order valence-corrected chi connectivity index (χ4v) is 4.04. The SMILES string of the molecule is O=C(Nc1cccc(CSc2ncnc3[nH]ncc23)c1)C(=O)C1=CCCCC1. The highest BCUT2D eigenvalue weighted by Gasteiger charge is 2.20. The molecule has 1 amide bonds. The average molecular weight is 393 g/mol. The molecule has 2 N–H and O–H groups in total. The van der Waals surface area contributed by atoms with Gasteiger partial charge in [-0.05, 0) is 43.4 Å². The summed E-state index contributed by atoms with van der Waals surface area (Å²) in [4.78, 5) is 33.0. The lowest BCUT2D eigenvalue weighted by molar-refractivity contribution is -0.132. The van der Waals surface area contributed by atoms with E-state index in [4.69, 9.17) is 0 Å². The highest BCUT2D eigenvalue weighted by Crippen LogP contribution is 2.27. The van der Waals surface area contributed by atoms with Gasteiger partial charge in [-0.3, -0.25) is 14.7 Å². The summed E-state index contributed by atoms with van der Waals surface area (Å²) in [5.41, 5.74) is 2.96. The van der Waals surface area contributed by atoms with Crippen LogP contribution in [0.25, 0.3) is 11.0 Å². The van der Waals surface area contributed by atoms with Crippen LogP contribution in [0, 0.1) is 0 Å². The van der Waals surface area contributed by atoms with Gasteiger partial charge < -0.3 is 5.32 Å². The van der Waals surface area contributed by atoms with Crippen LogP contribution in [-0.2, 0) is 15.3 Å². The maximum Gasteiger partial charge on any atom is 0.296 e. The molecule has 7 nitrogen and oxygen atoms in total. The van der Waals surface area contributed by atoms with Crippen LogP contribution in [0.1, 0.15) is 31.2 Å². The molecule has 1 aromatic carbocycles. The van der Waals surface area contributed by atoms with E-state index < -0.39 is 11.7 Å². The minimum Gasteiger partial charge on any atom is -0.319 e. The number of allylic oxidation sites excluding steroid dienone is 1. The quantitative estimate of drug-likeness (QED) is 0.377. The number of benzene rings is 1. The Morgan fingerprint density at radius 3 is 3.00 bits per heavy atom. The molecular weight excluding hydrogens is 374 g/mol. The summed E-state index contributed by atoms with van der Waals surface area (Å²) in [6, 6.07) is 7.50. The van der Waals surface area contributed by atoms with E-state index in [9.17, 15) is 9.59 Å². The predicted molar refractivity (Wildman–Crippen MR) is 108 cm³/mol. The first-order chi connectivity index (χ1) is 13.7. The molecule has 0 saturated heterocycles. The van der Waals surface area contributed by atoms with Crippen LogP contribution < -0.4 is 5.32 Å². The van der Waals surface area contributed by atoms with Crippen LogP contribution in [0.4, 0.5) is 5.69 Å². The number of aromatic nitrogens is 4. The number of nitrogens with one attached hydrogen (secondary N) is 2. The van der Waals surface area contributed by atoms with Gasteiger partial charge in [0, 0.05) is 17.0 Å². The number of hydrogen-bond donors (Lipinski definition) is 2. The summed E-state index contributed by atoms with van der Waals surface area (Å²) < 4.78 is 0. The fourth-order valence-electron chi connectivity index (χ4n) is 3.13. The molecule has 3 aromatic rings. The van der Waals surface area contributed by atoms with Crippen molar-refractivity contribution < 1.29 is 9.59 Å². The van der Waals surface area contributed by atoms with Crippen molar-refractivity contribution in [2.75, 3.05) is 5.32 Å². The van der Waals surface area contributed by atoms with Crippen molar-refractivity contribution in [2.45, 2.75) is 36.5 Å². The smallest absolute Gasteiger partial charge is 0.296 e. The standard InChI is InChI=1S/C20H19N5O2S/c26-17(14-6-2-1-3-7-14)19(27)24-15-8-4-5-13(9-15)11-28-20-16-10-23-25-18(16)21-12-22-20/h4-6,8-10,12H,1-3,7,11H2,(H,24,27)(H,21,22,23,25). The zero-order valence-electron chi connectivity index (χ0n) is 15.1. The molecule has 0 atom stereocenters. The number of ketones is 1. The van der Waals surface area contributed by atoms with Crippen LogP contribution >= 0.6 is 11.8 Å². The van der Waals surface area contributed by atoms with Crippen LogP contribution in [-0.4, -0.2) is 31.9 Å². The van der Waals surface area contributed by atoms with E-state index in [0.717, 1.165) is 35.2 Å². The average Bonchev–Trinajstić information content (AvgIpc) is 3.22.